The summed E-state index contributed by atoms with van der Waals surface area (Å²) in [6.07, 6.45) is 2.05. The third kappa shape index (κ3) is 8.47. The number of carboxylic acid groups (broad SMARTS) is 1. The van der Waals surface area contributed by atoms with E-state index < -0.39 is 40.2 Å². The predicted octanol–water partition coefficient (Wildman–Crippen LogP) is 6.28. The number of sulfonamides is 1. The minimum absolute atomic E-state index is 0.0497. The Morgan fingerprint density at radius 1 is 1.04 bits per heavy atom. The fourth-order valence-electron chi connectivity index (χ4n) is 5.37. The smallest absolute Gasteiger partial charge is 0.397 e. The topological polar surface area (TPSA) is 152 Å². The third-order valence-corrected chi connectivity index (χ3v) is 9.53. The molecule has 0 radical (unpaired) electrons. The second-order valence-corrected chi connectivity index (χ2v) is 14.2. The Labute approximate surface area is 282 Å². The molecule has 1 atom stereocenters. The van der Waals surface area contributed by atoms with Gasteiger partial charge in [0.25, 0.3) is 10.0 Å². The molecule has 4 aromatic rings. The molecule has 0 aliphatic carbocycles. The van der Waals surface area contributed by atoms with Gasteiger partial charge < -0.3 is 14.7 Å². The third-order valence-electron chi connectivity index (χ3n) is 8.27. The number of aromatic nitrogens is 5. The average molecular weight is 702 g/mol. The van der Waals surface area contributed by atoms with Gasteiger partial charge in [0, 0.05) is 30.4 Å². The number of benzene rings is 1. The Balaban J connectivity index is 1.55. The maximum atomic E-state index is 13.6. The van der Waals surface area contributed by atoms with Gasteiger partial charge in [0.05, 0.1) is 18.0 Å². The van der Waals surface area contributed by atoms with E-state index in [0.29, 0.717) is 30.0 Å². The van der Waals surface area contributed by atoms with E-state index in [1.165, 1.54) is 29.2 Å². The first-order valence-corrected chi connectivity index (χ1v) is 17.3. The van der Waals surface area contributed by atoms with E-state index in [1.807, 2.05) is 29.2 Å². The normalized spacial score (nSPS) is 16.2. The van der Waals surface area contributed by atoms with E-state index >= 15 is 0 Å². The molecule has 1 unspecified atom stereocenters. The summed E-state index contributed by atoms with van der Waals surface area (Å²) in [4.78, 5) is 26.9. The second kappa shape index (κ2) is 14.4. The quantitative estimate of drug-likeness (QED) is 0.225. The first-order chi connectivity index (χ1) is 23.1. The van der Waals surface area contributed by atoms with Gasteiger partial charge in [-0.3, -0.25) is 9.52 Å². The molecule has 1 aliphatic rings. The molecule has 1 aromatic carbocycles. The van der Waals surface area contributed by atoms with E-state index in [-0.39, 0.29) is 29.0 Å². The molecule has 4 bridgehead atoms. The minimum Gasteiger partial charge on any atom is -0.481 e. The summed E-state index contributed by atoms with van der Waals surface area (Å²) in [5, 5.41) is 13.5. The van der Waals surface area contributed by atoms with Crippen molar-refractivity contribution in [2.75, 3.05) is 22.8 Å². The van der Waals surface area contributed by atoms with Crippen LogP contribution in [0.3, 0.4) is 0 Å². The van der Waals surface area contributed by atoms with Crippen LogP contribution in [0.2, 0.25) is 0 Å². The van der Waals surface area contributed by atoms with Gasteiger partial charge in [0.1, 0.15) is 18.1 Å². The van der Waals surface area contributed by atoms with Gasteiger partial charge in [-0.15, -0.1) is 5.10 Å². The van der Waals surface area contributed by atoms with Gasteiger partial charge in [-0.05, 0) is 57.7 Å². The number of hydrogen-bond acceptors (Lipinski definition) is 9. The molecule has 262 valence electrons. The van der Waals surface area contributed by atoms with Crippen LogP contribution in [-0.2, 0) is 21.2 Å². The largest absolute Gasteiger partial charge is 0.481 e. The maximum Gasteiger partial charge on any atom is 0.397 e. The van der Waals surface area contributed by atoms with Gasteiger partial charge in [-0.1, -0.05) is 43.2 Å². The lowest BCUT2D eigenvalue weighted by Crippen LogP contribution is -2.37. The lowest BCUT2D eigenvalue weighted by atomic mass is 9.94. The lowest BCUT2D eigenvalue weighted by molar-refractivity contribution is -0.219. The molecule has 0 amide bonds. The molecule has 2 N–H and O–H groups in total. The minimum atomic E-state index is -4.48. The van der Waals surface area contributed by atoms with Crippen molar-refractivity contribution >= 4 is 27.6 Å². The number of carbonyl (C=O) groups is 1. The lowest BCUT2D eigenvalue weighted by Gasteiger charge is -2.30. The van der Waals surface area contributed by atoms with E-state index in [2.05, 4.69) is 24.8 Å². The van der Waals surface area contributed by atoms with Gasteiger partial charge >= 0.3 is 12.1 Å². The van der Waals surface area contributed by atoms with Crippen molar-refractivity contribution in [3.63, 3.8) is 0 Å². The fraction of sp³-hybridized carbons (Fsp3) is 0.424. The number of pyridine rings is 1. The van der Waals surface area contributed by atoms with Crippen molar-refractivity contribution in [3.05, 3.63) is 66.5 Å². The Hall–Kier alpha value is -4.73. The Kier molecular flexibility index (Phi) is 10.5. The fourth-order valence-corrected chi connectivity index (χ4v) is 6.32. The van der Waals surface area contributed by atoms with Crippen LogP contribution in [0, 0.1) is 5.41 Å². The summed E-state index contributed by atoms with van der Waals surface area (Å²) in [7, 11) is -4.29. The van der Waals surface area contributed by atoms with E-state index in [9.17, 15) is 31.5 Å². The number of ether oxygens (including phenoxy) is 1. The molecule has 3 aromatic heterocycles. The number of aliphatic carboxylic acids is 1. The molecule has 16 heteroatoms. The highest BCUT2D eigenvalue weighted by Gasteiger charge is 2.48. The van der Waals surface area contributed by atoms with Crippen LogP contribution in [0.15, 0.2) is 66.0 Å². The van der Waals surface area contributed by atoms with Crippen molar-refractivity contribution in [2.45, 2.75) is 76.5 Å². The molecule has 5 rings (SSSR count). The highest BCUT2D eigenvalue weighted by molar-refractivity contribution is 7.92. The zero-order chi connectivity index (χ0) is 35.4. The monoisotopic (exact) mass is 701 g/mol. The molecule has 0 spiro atoms. The molecular formula is C33H38F3N7O5S. The molecule has 1 aliphatic heterocycles. The molecule has 49 heavy (non-hydrogen) atoms. The van der Waals surface area contributed by atoms with Crippen LogP contribution >= 0.6 is 0 Å². The molecular weight excluding hydrogens is 663 g/mol. The summed E-state index contributed by atoms with van der Waals surface area (Å²) >= 11 is 0. The number of carboxylic acids is 1. The van der Waals surface area contributed by atoms with Gasteiger partial charge in [-0.2, -0.15) is 21.6 Å². The number of rotatable bonds is 7. The number of aryl methyl sites for hydroxylation is 1. The summed E-state index contributed by atoms with van der Waals surface area (Å²) < 4.78 is 76.7. The summed E-state index contributed by atoms with van der Waals surface area (Å²) in [5.41, 5.74) is -0.202. The van der Waals surface area contributed by atoms with Crippen LogP contribution in [0.25, 0.3) is 17.1 Å². The van der Waals surface area contributed by atoms with Crippen LogP contribution in [0.4, 0.5) is 24.8 Å². The van der Waals surface area contributed by atoms with Crippen LogP contribution < -0.4 is 14.4 Å². The molecule has 0 fully saturated rings. The number of nitrogens with zero attached hydrogens (tertiary/aromatic N) is 6. The van der Waals surface area contributed by atoms with Gasteiger partial charge in [0.15, 0.2) is 16.7 Å². The molecule has 4 heterocycles. The Bertz CT molecular complexity index is 1900. The molecule has 0 saturated heterocycles. The maximum absolute atomic E-state index is 13.6. The van der Waals surface area contributed by atoms with Crippen molar-refractivity contribution in [3.8, 4) is 23.0 Å². The van der Waals surface area contributed by atoms with Crippen LogP contribution in [0.5, 0.6) is 5.88 Å². The van der Waals surface area contributed by atoms with Crippen molar-refractivity contribution in [2.24, 2.45) is 5.41 Å². The van der Waals surface area contributed by atoms with E-state index in [0.717, 1.165) is 45.1 Å². The highest BCUT2D eigenvalue weighted by Crippen LogP contribution is 2.38. The van der Waals surface area contributed by atoms with Crippen LogP contribution in [-0.4, -0.2) is 69.6 Å². The van der Waals surface area contributed by atoms with Gasteiger partial charge in [-0.25, -0.2) is 19.6 Å². The van der Waals surface area contributed by atoms with E-state index in [1.54, 1.807) is 19.1 Å². The second-order valence-electron chi connectivity index (χ2n) is 12.6. The standard InChI is InChI=1S/C33H38F3N7O5S/c1-22(19-29(44)45)42-17-9-5-4-6-11-23-12-7-8-13-24(23)30-31(43-18-16-27(40-43)48-21-32(2,3)33(34,35)36)37-20-25(38-30)41-49(46,47)28-15-10-14-26(42)39-28/h7-8,10,12-16,18,20,22H,4-6,9,11,17,19,21H2,1-3H3,(H,38,41)(H,44,45). The van der Waals surface area contributed by atoms with Crippen molar-refractivity contribution < 1.29 is 36.2 Å². The number of fused-ring (bicyclic) bond motifs is 6. The Morgan fingerprint density at radius 3 is 2.55 bits per heavy atom. The van der Waals surface area contributed by atoms with Crippen LogP contribution in [0.1, 0.15) is 58.4 Å². The summed E-state index contributed by atoms with van der Waals surface area (Å²) in [6.45, 7) is 3.69. The number of anilines is 2. The average Bonchev–Trinajstić information content (AvgIpc) is 3.51. The zero-order valence-electron chi connectivity index (χ0n) is 27.3. The summed E-state index contributed by atoms with van der Waals surface area (Å²) in [6, 6.07) is 13.0. The summed E-state index contributed by atoms with van der Waals surface area (Å²) in [5.74, 6) is -0.572. The number of nitrogens with one attached hydrogen (secondary N) is 1. The van der Waals surface area contributed by atoms with Crippen molar-refractivity contribution in [1.82, 2.24) is 24.7 Å². The zero-order valence-corrected chi connectivity index (χ0v) is 28.1. The molecule has 12 nitrogen and oxygen atoms in total. The Morgan fingerprint density at radius 2 is 1.80 bits per heavy atom. The predicted molar refractivity (Wildman–Crippen MR) is 176 cm³/mol. The first kappa shape index (κ1) is 35.6. The van der Waals surface area contributed by atoms with E-state index in [4.69, 9.17) is 4.74 Å². The molecule has 0 saturated carbocycles. The van der Waals surface area contributed by atoms with Gasteiger partial charge in [0.2, 0.25) is 5.88 Å². The highest BCUT2D eigenvalue weighted by atomic mass is 32.2. The van der Waals surface area contributed by atoms with Crippen molar-refractivity contribution in [1.29, 1.82) is 0 Å². The number of halogens is 3. The number of hydrogen-bond donors (Lipinski definition) is 2. The first-order valence-electron chi connectivity index (χ1n) is 15.8. The SMILES string of the molecule is CC(CC(=O)O)N1CCCCCCc2ccccc2-c2nc(cnc2-n2ccc(OCC(C)(C)C(F)(F)F)n2)NS(=O)(=O)c2cccc1n2. The number of alkyl halides is 3.